The van der Waals surface area contributed by atoms with Crippen LogP contribution in [0.3, 0.4) is 0 Å². The molecular formula is C27H28Cl3N3O4S. The molecule has 0 fully saturated rings. The van der Waals surface area contributed by atoms with Gasteiger partial charge in [0.25, 0.3) is 10.0 Å². The number of nitrogens with one attached hydrogen (secondary N) is 1. The van der Waals surface area contributed by atoms with E-state index in [0.717, 1.165) is 4.31 Å². The number of rotatable bonds is 10. The third-order valence-corrected chi connectivity index (χ3v) is 8.80. The van der Waals surface area contributed by atoms with Gasteiger partial charge in [-0.1, -0.05) is 66.0 Å². The van der Waals surface area contributed by atoms with Crippen molar-refractivity contribution in [3.63, 3.8) is 0 Å². The lowest BCUT2D eigenvalue weighted by molar-refractivity contribution is -0.140. The van der Waals surface area contributed by atoms with E-state index in [1.807, 2.05) is 0 Å². The van der Waals surface area contributed by atoms with Crippen molar-refractivity contribution >= 4 is 62.3 Å². The number of likely N-dealkylation sites (N-methyl/N-ethyl adjacent to an activating group) is 1. The number of anilines is 1. The predicted molar refractivity (Wildman–Crippen MR) is 152 cm³/mol. The van der Waals surface area contributed by atoms with Crippen LogP contribution in [0.2, 0.25) is 15.1 Å². The largest absolute Gasteiger partial charge is 0.357 e. The molecule has 0 radical (unpaired) electrons. The van der Waals surface area contributed by atoms with E-state index in [4.69, 9.17) is 34.8 Å². The van der Waals surface area contributed by atoms with E-state index in [2.05, 4.69) is 5.32 Å². The molecule has 0 heterocycles. The number of sulfonamides is 1. The quantitative estimate of drug-likeness (QED) is 0.325. The highest BCUT2D eigenvalue weighted by atomic mass is 35.5. The van der Waals surface area contributed by atoms with Gasteiger partial charge in [-0.05, 0) is 66.9 Å². The number of amides is 2. The van der Waals surface area contributed by atoms with E-state index in [0.29, 0.717) is 38.3 Å². The van der Waals surface area contributed by atoms with Crippen molar-refractivity contribution < 1.29 is 18.0 Å². The lowest BCUT2D eigenvalue weighted by Crippen LogP contribution is -2.51. The maximum Gasteiger partial charge on any atom is 0.264 e. The van der Waals surface area contributed by atoms with Crippen LogP contribution in [0.4, 0.5) is 5.69 Å². The summed E-state index contributed by atoms with van der Waals surface area (Å²) in [5.41, 5.74) is 1.64. The zero-order valence-corrected chi connectivity index (χ0v) is 24.2. The number of halogens is 3. The van der Waals surface area contributed by atoms with Gasteiger partial charge in [-0.2, -0.15) is 0 Å². The fourth-order valence-electron chi connectivity index (χ4n) is 4.01. The SMILES string of the molecule is CC[C@@H](C(=O)NC)N(Cc1ccc(Cl)c(Cl)c1)C(=O)CN(c1ccccc1C)S(=O)(=O)c1ccc(Cl)cc1. The first-order chi connectivity index (χ1) is 18.0. The summed E-state index contributed by atoms with van der Waals surface area (Å²) in [6.45, 7) is 3.02. The summed E-state index contributed by atoms with van der Waals surface area (Å²) in [5.74, 6) is -0.934. The fourth-order valence-corrected chi connectivity index (χ4v) is 5.94. The van der Waals surface area contributed by atoms with Crippen molar-refractivity contribution in [2.75, 3.05) is 17.9 Å². The van der Waals surface area contributed by atoms with E-state index in [1.54, 1.807) is 56.3 Å². The molecule has 0 aliphatic heterocycles. The van der Waals surface area contributed by atoms with Gasteiger partial charge in [-0.25, -0.2) is 8.42 Å². The van der Waals surface area contributed by atoms with Crippen LogP contribution < -0.4 is 9.62 Å². The molecule has 0 saturated carbocycles. The Labute approximate surface area is 238 Å². The smallest absolute Gasteiger partial charge is 0.264 e. The highest BCUT2D eigenvalue weighted by Gasteiger charge is 2.34. The number of benzene rings is 3. The van der Waals surface area contributed by atoms with Crippen LogP contribution in [0.5, 0.6) is 0 Å². The van der Waals surface area contributed by atoms with E-state index in [9.17, 15) is 18.0 Å². The van der Waals surface area contributed by atoms with E-state index >= 15 is 0 Å². The van der Waals surface area contributed by atoms with Gasteiger partial charge in [0.1, 0.15) is 12.6 Å². The number of carbonyl (C=O) groups is 2. The lowest BCUT2D eigenvalue weighted by Gasteiger charge is -2.33. The number of carbonyl (C=O) groups excluding carboxylic acids is 2. The fraction of sp³-hybridized carbons (Fsp3) is 0.259. The van der Waals surface area contributed by atoms with Crippen molar-refractivity contribution in [1.82, 2.24) is 10.2 Å². The molecule has 3 rings (SSSR count). The molecule has 3 aromatic carbocycles. The van der Waals surface area contributed by atoms with Crippen molar-refractivity contribution in [2.24, 2.45) is 0 Å². The van der Waals surface area contributed by atoms with Crippen molar-refractivity contribution in [1.29, 1.82) is 0 Å². The lowest BCUT2D eigenvalue weighted by atomic mass is 10.1. The molecule has 11 heteroatoms. The van der Waals surface area contributed by atoms with Gasteiger partial charge in [0.05, 0.1) is 20.6 Å². The molecule has 0 unspecified atom stereocenters. The normalized spacial score (nSPS) is 12.1. The Balaban J connectivity index is 2.08. The minimum absolute atomic E-state index is 0.0181. The second-order valence-electron chi connectivity index (χ2n) is 8.56. The van der Waals surface area contributed by atoms with Crippen molar-refractivity contribution in [2.45, 2.75) is 37.8 Å². The molecule has 0 aliphatic carbocycles. The summed E-state index contributed by atoms with van der Waals surface area (Å²) in [4.78, 5) is 28.0. The van der Waals surface area contributed by atoms with E-state index < -0.39 is 28.5 Å². The number of aryl methyl sites for hydroxylation is 1. The number of hydrogen-bond acceptors (Lipinski definition) is 4. The highest BCUT2D eigenvalue weighted by Crippen LogP contribution is 2.29. The van der Waals surface area contributed by atoms with Gasteiger partial charge in [-0.3, -0.25) is 13.9 Å². The highest BCUT2D eigenvalue weighted by molar-refractivity contribution is 7.92. The summed E-state index contributed by atoms with van der Waals surface area (Å²) in [6, 6.07) is 16.7. The second-order valence-corrected chi connectivity index (χ2v) is 11.7. The summed E-state index contributed by atoms with van der Waals surface area (Å²) >= 11 is 18.2. The molecule has 38 heavy (non-hydrogen) atoms. The third-order valence-electron chi connectivity index (χ3n) is 6.03. The van der Waals surface area contributed by atoms with Gasteiger partial charge < -0.3 is 10.2 Å². The topological polar surface area (TPSA) is 86.8 Å². The molecule has 1 N–H and O–H groups in total. The van der Waals surface area contributed by atoms with E-state index in [-0.39, 0.29) is 17.3 Å². The first-order valence-corrected chi connectivity index (χ1v) is 14.4. The minimum Gasteiger partial charge on any atom is -0.357 e. The molecule has 3 aromatic rings. The second kappa shape index (κ2) is 12.8. The number of hydrogen-bond donors (Lipinski definition) is 1. The van der Waals surface area contributed by atoms with Gasteiger partial charge in [-0.15, -0.1) is 0 Å². The van der Waals surface area contributed by atoms with Crippen LogP contribution in [0, 0.1) is 6.92 Å². The van der Waals surface area contributed by atoms with Crippen LogP contribution in [0.1, 0.15) is 24.5 Å². The van der Waals surface area contributed by atoms with E-state index in [1.165, 1.54) is 36.2 Å². The number of nitrogens with zero attached hydrogens (tertiary/aromatic N) is 2. The van der Waals surface area contributed by atoms with Crippen LogP contribution in [0.15, 0.2) is 71.6 Å². The minimum atomic E-state index is -4.18. The molecule has 1 atom stereocenters. The van der Waals surface area contributed by atoms with Crippen LogP contribution >= 0.6 is 34.8 Å². The maximum absolute atomic E-state index is 13.9. The summed E-state index contributed by atoms with van der Waals surface area (Å²) in [6.07, 6.45) is 0.307. The molecule has 0 saturated heterocycles. The Morgan fingerprint density at radius 3 is 2.18 bits per heavy atom. The Bertz CT molecular complexity index is 1420. The Morgan fingerprint density at radius 1 is 0.947 bits per heavy atom. The average Bonchev–Trinajstić information content (AvgIpc) is 2.89. The standard InChI is InChI=1S/C27H28Cl3N3O4S/c1-4-24(27(35)31-3)32(16-19-9-14-22(29)23(30)15-19)26(34)17-33(25-8-6-5-7-18(25)2)38(36,37)21-12-10-20(28)11-13-21/h5-15,24H,4,16-17H2,1-3H3,(H,31,35)/t24-/m0/s1. The van der Waals surface area contributed by atoms with Gasteiger partial charge in [0.15, 0.2) is 0 Å². The molecule has 0 bridgehead atoms. The Kier molecular flexibility index (Phi) is 10.1. The zero-order chi connectivity index (χ0) is 28.0. The molecule has 2 amide bonds. The summed E-state index contributed by atoms with van der Waals surface area (Å²) < 4.78 is 28.7. The summed E-state index contributed by atoms with van der Waals surface area (Å²) in [5, 5.41) is 3.63. The van der Waals surface area contributed by atoms with Crippen LogP contribution in [-0.2, 0) is 26.2 Å². The molecule has 7 nitrogen and oxygen atoms in total. The summed E-state index contributed by atoms with van der Waals surface area (Å²) in [7, 11) is -2.69. The Morgan fingerprint density at radius 2 is 1.61 bits per heavy atom. The average molecular weight is 597 g/mol. The zero-order valence-electron chi connectivity index (χ0n) is 21.1. The first kappa shape index (κ1) is 29.8. The molecular weight excluding hydrogens is 569 g/mol. The number of para-hydroxylation sites is 1. The molecule has 0 aromatic heterocycles. The van der Waals surface area contributed by atoms with Crippen molar-refractivity contribution in [3.8, 4) is 0 Å². The predicted octanol–water partition coefficient (Wildman–Crippen LogP) is 5.70. The molecule has 0 aliphatic rings. The maximum atomic E-state index is 13.9. The van der Waals surface area contributed by atoms with Crippen molar-refractivity contribution in [3.05, 3.63) is 92.9 Å². The first-order valence-electron chi connectivity index (χ1n) is 11.8. The van der Waals surface area contributed by atoms with Gasteiger partial charge in [0, 0.05) is 18.6 Å². The van der Waals surface area contributed by atoms with Gasteiger partial charge >= 0.3 is 0 Å². The molecule has 0 spiro atoms. The van der Waals surface area contributed by atoms with Crippen LogP contribution in [-0.4, -0.2) is 44.8 Å². The third kappa shape index (κ3) is 6.80. The van der Waals surface area contributed by atoms with Gasteiger partial charge in [0.2, 0.25) is 11.8 Å². The van der Waals surface area contributed by atoms with Crippen LogP contribution in [0.25, 0.3) is 0 Å². The molecule has 202 valence electrons. The monoisotopic (exact) mass is 595 g/mol. The Hall–Kier alpha value is -2.78.